The summed E-state index contributed by atoms with van der Waals surface area (Å²) >= 11 is 1.71. The number of rotatable bonds is 1. The first-order valence-corrected chi connectivity index (χ1v) is 3.55. The van der Waals surface area contributed by atoms with Crippen LogP contribution in [-0.4, -0.2) is 11.7 Å². The molecule has 0 aliphatic heterocycles. The van der Waals surface area contributed by atoms with Gasteiger partial charge in [-0.2, -0.15) is 11.3 Å². The van der Waals surface area contributed by atoms with Gasteiger partial charge in [-0.1, -0.05) is 18.2 Å². The predicted octanol–water partition coefficient (Wildman–Crippen LogP) is 1.91. The lowest BCUT2D eigenvalue weighted by Gasteiger charge is -1.60. The van der Waals surface area contributed by atoms with E-state index >= 15 is 0 Å². The molecular formula is C7H10OS. The van der Waals surface area contributed by atoms with Crippen LogP contribution in [0.4, 0.5) is 0 Å². The molecule has 1 aromatic heterocycles. The number of aliphatic hydroxyl groups excluding tert-OH is 1. The van der Waals surface area contributed by atoms with Crippen molar-refractivity contribution in [2.24, 2.45) is 0 Å². The Morgan fingerprint density at radius 3 is 2.00 bits per heavy atom. The second-order valence-electron chi connectivity index (χ2n) is 1.26. The molecule has 0 aromatic carbocycles. The summed E-state index contributed by atoms with van der Waals surface area (Å²) in [5.41, 5.74) is 0. The van der Waals surface area contributed by atoms with Gasteiger partial charge in [-0.05, 0) is 10.8 Å². The lowest BCUT2D eigenvalue weighted by molar-refractivity contribution is 0.343. The van der Waals surface area contributed by atoms with Crippen molar-refractivity contribution in [3.8, 4) is 0 Å². The zero-order valence-electron chi connectivity index (χ0n) is 5.16. The highest BCUT2D eigenvalue weighted by molar-refractivity contribution is 7.07. The Kier molecular flexibility index (Phi) is 6.91. The second-order valence-corrected chi connectivity index (χ2v) is 2.08. The molecule has 0 unspecified atom stereocenters. The third-order valence-corrected chi connectivity index (χ3v) is 1.18. The fourth-order valence-electron chi connectivity index (χ4n) is 0.227. The van der Waals surface area contributed by atoms with Crippen molar-refractivity contribution in [1.82, 2.24) is 0 Å². The van der Waals surface area contributed by atoms with Crippen LogP contribution < -0.4 is 0 Å². The monoisotopic (exact) mass is 142 g/mol. The molecule has 1 N–H and O–H groups in total. The van der Waals surface area contributed by atoms with E-state index in [-0.39, 0.29) is 6.61 Å². The summed E-state index contributed by atoms with van der Waals surface area (Å²) in [5, 5.41) is 11.8. The maximum absolute atomic E-state index is 7.76. The Morgan fingerprint density at radius 2 is 1.89 bits per heavy atom. The molecule has 0 amide bonds. The molecule has 0 bridgehead atoms. The van der Waals surface area contributed by atoms with Gasteiger partial charge in [0.15, 0.2) is 0 Å². The molecule has 2 heteroatoms. The van der Waals surface area contributed by atoms with Gasteiger partial charge in [0, 0.05) is 0 Å². The number of aliphatic hydroxyl groups is 1. The lowest BCUT2D eigenvalue weighted by atomic mass is 10.7. The van der Waals surface area contributed by atoms with Gasteiger partial charge in [-0.3, -0.25) is 0 Å². The Labute approximate surface area is 59.3 Å². The summed E-state index contributed by atoms with van der Waals surface area (Å²) in [6.07, 6.45) is 1.43. The van der Waals surface area contributed by atoms with E-state index in [2.05, 4.69) is 6.58 Å². The average Bonchev–Trinajstić information content (AvgIpc) is 2.43. The summed E-state index contributed by atoms with van der Waals surface area (Å²) in [7, 11) is 0. The minimum absolute atomic E-state index is 0.0833. The SMILES string of the molecule is C=CCO.c1ccsc1. The summed E-state index contributed by atoms with van der Waals surface area (Å²) in [4.78, 5) is 0. The maximum Gasteiger partial charge on any atom is 0.0609 e. The van der Waals surface area contributed by atoms with Crippen LogP contribution in [0.2, 0.25) is 0 Å². The fourth-order valence-corrected chi connectivity index (χ4v) is 0.680. The molecule has 0 saturated carbocycles. The zero-order chi connectivity index (χ0) is 6.95. The van der Waals surface area contributed by atoms with Gasteiger partial charge in [-0.15, -0.1) is 6.58 Å². The van der Waals surface area contributed by atoms with Crippen molar-refractivity contribution < 1.29 is 5.11 Å². The Bertz CT molecular complexity index is 106. The van der Waals surface area contributed by atoms with Crippen LogP contribution in [0, 0.1) is 0 Å². The van der Waals surface area contributed by atoms with Crippen LogP contribution in [0.25, 0.3) is 0 Å². The van der Waals surface area contributed by atoms with Gasteiger partial charge >= 0.3 is 0 Å². The molecule has 9 heavy (non-hydrogen) atoms. The maximum atomic E-state index is 7.76. The van der Waals surface area contributed by atoms with Crippen LogP contribution in [0.3, 0.4) is 0 Å². The van der Waals surface area contributed by atoms with Gasteiger partial charge in [0.1, 0.15) is 0 Å². The average molecular weight is 142 g/mol. The summed E-state index contributed by atoms with van der Waals surface area (Å²) < 4.78 is 0. The number of thiophene rings is 1. The van der Waals surface area contributed by atoms with Crippen LogP contribution in [-0.2, 0) is 0 Å². The van der Waals surface area contributed by atoms with E-state index in [0.29, 0.717) is 0 Å². The first-order valence-electron chi connectivity index (χ1n) is 2.60. The Hall–Kier alpha value is -0.600. The summed E-state index contributed by atoms with van der Waals surface area (Å²) in [5.74, 6) is 0. The highest BCUT2D eigenvalue weighted by atomic mass is 32.1. The lowest BCUT2D eigenvalue weighted by Crippen LogP contribution is -1.62. The molecule has 0 aliphatic rings. The highest BCUT2D eigenvalue weighted by Crippen LogP contribution is 1.91. The van der Waals surface area contributed by atoms with Gasteiger partial charge in [0.05, 0.1) is 6.61 Å². The molecule has 1 rings (SSSR count). The first kappa shape index (κ1) is 8.40. The topological polar surface area (TPSA) is 20.2 Å². The van der Waals surface area contributed by atoms with Gasteiger partial charge in [-0.25, -0.2) is 0 Å². The third kappa shape index (κ3) is 7.40. The third-order valence-electron chi connectivity index (χ3n) is 0.554. The molecule has 1 heterocycles. The predicted molar refractivity (Wildman–Crippen MR) is 41.6 cm³/mol. The van der Waals surface area contributed by atoms with Gasteiger partial charge in [0.2, 0.25) is 0 Å². The van der Waals surface area contributed by atoms with E-state index in [4.69, 9.17) is 5.11 Å². The minimum atomic E-state index is 0.0833. The van der Waals surface area contributed by atoms with Crippen LogP contribution in [0.15, 0.2) is 35.5 Å². The van der Waals surface area contributed by atoms with Crippen LogP contribution in [0.5, 0.6) is 0 Å². The number of hydrogen-bond acceptors (Lipinski definition) is 2. The normalized spacial score (nSPS) is 7.22. The van der Waals surface area contributed by atoms with E-state index in [1.807, 2.05) is 22.9 Å². The summed E-state index contributed by atoms with van der Waals surface area (Å²) in [6.45, 7) is 3.31. The molecule has 50 valence electrons. The van der Waals surface area contributed by atoms with Crippen LogP contribution in [0.1, 0.15) is 0 Å². The Balaban J connectivity index is 0.000000148. The van der Waals surface area contributed by atoms with E-state index in [0.717, 1.165) is 0 Å². The van der Waals surface area contributed by atoms with Crippen molar-refractivity contribution in [3.63, 3.8) is 0 Å². The standard InChI is InChI=1S/C4H4S.C3H6O/c1-2-4-5-3-1;1-2-3-4/h1-4H;2,4H,1,3H2. The van der Waals surface area contributed by atoms with E-state index in [1.165, 1.54) is 6.08 Å². The van der Waals surface area contributed by atoms with Crippen molar-refractivity contribution in [2.45, 2.75) is 0 Å². The molecule has 0 spiro atoms. The van der Waals surface area contributed by atoms with Crippen molar-refractivity contribution >= 4 is 11.3 Å². The van der Waals surface area contributed by atoms with Gasteiger partial charge < -0.3 is 5.11 Å². The number of hydrogen-bond donors (Lipinski definition) is 1. The smallest absolute Gasteiger partial charge is 0.0609 e. The van der Waals surface area contributed by atoms with E-state index in [9.17, 15) is 0 Å². The molecule has 1 aromatic rings. The second kappa shape index (κ2) is 7.40. The summed E-state index contributed by atoms with van der Waals surface area (Å²) in [6, 6.07) is 4.04. The van der Waals surface area contributed by atoms with Crippen molar-refractivity contribution in [1.29, 1.82) is 0 Å². The van der Waals surface area contributed by atoms with Crippen LogP contribution >= 0.6 is 11.3 Å². The highest BCUT2D eigenvalue weighted by Gasteiger charge is 1.58. The van der Waals surface area contributed by atoms with Gasteiger partial charge in [0.25, 0.3) is 0 Å². The molecular weight excluding hydrogens is 132 g/mol. The van der Waals surface area contributed by atoms with E-state index in [1.54, 1.807) is 11.3 Å². The minimum Gasteiger partial charge on any atom is -0.392 e. The quantitative estimate of drug-likeness (QED) is 0.594. The molecule has 0 fully saturated rings. The molecule has 1 nitrogen and oxygen atoms in total. The van der Waals surface area contributed by atoms with Crippen molar-refractivity contribution in [3.05, 3.63) is 35.5 Å². The first-order chi connectivity index (χ1) is 4.41. The molecule has 0 atom stereocenters. The largest absolute Gasteiger partial charge is 0.392 e. The zero-order valence-corrected chi connectivity index (χ0v) is 5.97. The molecule has 0 saturated heterocycles. The van der Waals surface area contributed by atoms with Crippen molar-refractivity contribution in [2.75, 3.05) is 6.61 Å². The van der Waals surface area contributed by atoms with E-state index < -0.39 is 0 Å². The molecule has 0 aliphatic carbocycles. The fraction of sp³-hybridized carbons (Fsp3) is 0.143. The molecule has 0 radical (unpaired) electrons. The Morgan fingerprint density at radius 1 is 1.44 bits per heavy atom.